The van der Waals surface area contributed by atoms with Crippen LogP contribution in [0.3, 0.4) is 0 Å². The van der Waals surface area contributed by atoms with Gasteiger partial charge in [0.05, 0.1) is 12.5 Å². The number of benzene rings is 1. The maximum atomic E-state index is 2.35. The van der Waals surface area contributed by atoms with Crippen molar-refractivity contribution < 1.29 is 12.4 Å². The molecule has 0 saturated carbocycles. The van der Waals surface area contributed by atoms with E-state index in [0.717, 1.165) is 5.25 Å². The first-order chi connectivity index (χ1) is 6.75. The van der Waals surface area contributed by atoms with Gasteiger partial charge in [-0.2, -0.15) is 0 Å². The summed E-state index contributed by atoms with van der Waals surface area (Å²) in [6, 6.07) is 11.0. The van der Waals surface area contributed by atoms with E-state index in [4.69, 9.17) is 0 Å². The average molecular weight is 245 g/mol. The Bertz CT molecular complexity index is 246. The Morgan fingerprint density at radius 3 is 2.20 bits per heavy atom. The molecule has 0 saturated heterocycles. The highest BCUT2D eigenvalue weighted by Crippen LogP contribution is 2.27. The molecule has 0 heterocycles. The van der Waals surface area contributed by atoms with Gasteiger partial charge in [0.1, 0.15) is 5.25 Å². The van der Waals surface area contributed by atoms with Crippen LogP contribution in [0.1, 0.15) is 37.0 Å². The average Bonchev–Trinajstić information content (AvgIpc) is 2.19. The molecule has 2 heteroatoms. The van der Waals surface area contributed by atoms with Gasteiger partial charge in [-0.05, 0) is 23.7 Å². The SMILES string of the molecule is CCCCC(c1ccccc1)[S+](C)C.[Cl-]. The third-order valence-corrected chi connectivity index (χ3v) is 4.21. The van der Waals surface area contributed by atoms with Crippen LogP contribution in [-0.2, 0) is 10.9 Å². The monoisotopic (exact) mass is 244 g/mol. The fraction of sp³-hybridized carbons (Fsp3) is 0.538. The lowest BCUT2D eigenvalue weighted by Gasteiger charge is -2.13. The third-order valence-electron chi connectivity index (χ3n) is 2.56. The van der Waals surface area contributed by atoms with Gasteiger partial charge in [-0.3, -0.25) is 0 Å². The van der Waals surface area contributed by atoms with E-state index in [9.17, 15) is 0 Å². The predicted molar refractivity (Wildman–Crippen MR) is 67.9 cm³/mol. The van der Waals surface area contributed by atoms with Crippen LogP contribution in [0.4, 0.5) is 0 Å². The third kappa shape index (κ3) is 4.94. The molecule has 1 aromatic carbocycles. The molecule has 15 heavy (non-hydrogen) atoms. The van der Waals surface area contributed by atoms with Crippen LogP contribution in [0.5, 0.6) is 0 Å². The van der Waals surface area contributed by atoms with Crippen molar-refractivity contribution in [2.75, 3.05) is 12.5 Å². The van der Waals surface area contributed by atoms with E-state index in [2.05, 4.69) is 49.8 Å². The molecule has 0 aliphatic heterocycles. The second kappa shape index (κ2) is 8.06. The first-order valence-corrected chi connectivity index (χ1v) is 7.47. The summed E-state index contributed by atoms with van der Waals surface area (Å²) in [7, 11) is 0.494. The highest BCUT2D eigenvalue weighted by Gasteiger charge is 2.22. The van der Waals surface area contributed by atoms with Gasteiger partial charge in [0.25, 0.3) is 0 Å². The fourth-order valence-corrected chi connectivity index (χ4v) is 3.07. The highest BCUT2D eigenvalue weighted by molar-refractivity contribution is 7.95. The molecule has 1 rings (SSSR count). The maximum Gasteiger partial charge on any atom is 0.142 e. The second-order valence-corrected chi connectivity index (χ2v) is 6.25. The Morgan fingerprint density at radius 2 is 1.73 bits per heavy atom. The lowest BCUT2D eigenvalue weighted by molar-refractivity contribution is -0.00000308. The molecule has 1 atom stereocenters. The summed E-state index contributed by atoms with van der Waals surface area (Å²) < 4.78 is 0. The van der Waals surface area contributed by atoms with E-state index in [-0.39, 0.29) is 12.4 Å². The van der Waals surface area contributed by atoms with Crippen molar-refractivity contribution in [2.24, 2.45) is 0 Å². The Balaban J connectivity index is 0.00000196. The summed E-state index contributed by atoms with van der Waals surface area (Å²) in [6.07, 6.45) is 8.71. The van der Waals surface area contributed by atoms with Crippen molar-refractivity contribution in [2.45, 2.75) is 31.4 Å². The van der Waals surface area contributed by atoms with Crippen LogP contribution in [0, 0.1) is 0 Å². The molecule has 0 nitrogen and oxygen atoms in total. The fourth-order valence-electron chi connectivity index (χ4n) is 1.73. The van der Waals surface area contributed by atoms with E-state index in [1.54, 1.807) is 0 Å². The zero-order chi connectivity index (χ0) is 10.4. The van der Waals surface area contributed by atoms with Gasteiger partial charge in [-0.1, -0.05) is 43.7 Å². The highest BCUT2D eigenvalue weighted by atomic mass is 35.5. The molecule has 0 aliphatic carbocycles. The molecule has 0 bridgehead atoms. The van der Waals surface area contributed by atoms with E-state index in [0.29, 0.717) is 10.9 Å². The van der Waals surface area contributed by atoms with Crippen LogP contribution in [0.25, 0.3) is 0 Å². The molecule has 0 aliphatic rings. The van der Waals surface area contributed by atoms with Gasteiger partial charge < -0.3 is 12.4 Å². The summed E-state index contributed by atoms with van der Waals surface area (Å²) in [6.45, 7) is 2.27. The zero-order valence-corrected chi connectivity index (χ0v) is 11.4. The summed E-state index contributed by atoms with van der Waals surface area (Å²) >= 11 is 0. The quantitative estimate of drug-likeness (QED) is 0.673. The van der Waals surface area contributed by atoms with Crippen LogP contribution in [0.2, 0.25) is 0 Å². The van der Waals surface area contributed by atoms with Crippen molar-refractivity contribution in [3.05, 3.63) is 35.9 Å². The Labute approximate surface area is 103 Å². The first-order valence-electron chi connectivity index (χ1n) is 5.37. The Morgan fingerprint density at radius 1 is 1.13 bits per heavy atom. The van der Waals surface area contributed by atoms with E-state index >= 15 is 0 Å². The first kappa shape index (κ1) is 14.9. The summed E-state index contributed by atoms with van der Waals surface area (Å²) in [5.41, 5.74) is 1.52. The molecular weight excluding hydrogens is 224 g/mol. The van der Waals surface area contributed by atoms with Crippen molar-refractivity contribution in [1.29, 1.82) is 0 Å². The smallest absolute Gasteiger partial charge is 0.142 e. The van der Waals surface area contributed by atoms with Crippen molar-refractivity contribution >= 4 is 10.9 Å². The molecule has 0 N–H and O–H groups in total. The molecular formula is C13H21ClS. The largest absolute Gasteiger partial charge is 1.00 e. The number of halogens is 1. The number of rotatable bonds is 5. The normalized spacial score (nSPS) is 12.3. The van der Waals surface area contributed by atoms with Gasteiger partial charge in [-0.25, -0.2) is 0 Å². The Kier molecular flexibility index (Phi) is 7.99. The van der Waals surface area contributed by atoms with Crippen LogP contribution in [0.15, 0.2) is 30.3 Å². The number of unbranched alkanes of at least 4 members (excludes halogenated alkanes) is 1. The molecule has 0 fully saturated rings. The topological polar surface area (TPSA) is 0 Å². The molecule has 86 valence electrons. The van der Waals surface area contributed by atoms with Crippen LogP contribution < -0.4 is 12.4 Å². The molecule has 0 spiro atoms. The summed E-state index contributed by atoms with van der Waals surface area (Å²) in [5.74, 6) is 0. The van der Waals surface area contributed by atoms with Gasteiger partial charge in [0.2, 0.25) is 0 Å². The van der Waals surface area contributed by atoms with Gasteiger partial charge in [0.15, 0.2) is 0 Å². The second-order valence-electron chi connectivity index (χ2n) is 3.92. The van der Waals surface area contributed by atoms with E-state index in [1.807, 2.05) is 0 Å². The van der Waals surface area contributed by atoms with Crippen LogP contribution in [-0.4, -0.2) is 12.5 Å². The van der Waals surface area contributed by atoms with Crippen molar-refractivity contribution in [1.82, 2.24) is 0 Å². The van der Waals surface area contributed by atoms with E-state index in [1.165, 1.54) is 24.8 Å². The molecule has 0 aromatic heterocycles. The molecule has 0 radical (unpaired) electrons. The maximum absolute atomic E-state index is 2.35. The minimum Gasteiger partial charge on any atom is -1.00 e. The van der Waals surface area contributed by atoms with Crippen molar-refractivity contribution in [3.63, 3.8) is 0 Å². The lowest BCUT2D eigenvalue weighted by Crippen LogP contribution is -3.00. The number of hydrogen-bond donors (Lipinski definition) is 0. The van der Waals surface area contributed by atoms with Crippen LogP contribution >= 0.6 is 0 Å². The van der Waals surface area contributed by atoms with Gasteiger partial charge in [-0.15, -0.1) is 0 Å². The van der Waals surface area contributed by atoms with Gasteiger partial charge >= 0.3 is 0 Å². The summed E-state index contributed by atoms with van der Waals surface area (Å²) in [5, 5.41) is 0.774. The minimum atomic E-state index is 0. The zero-order valence-electron chi connectivity index (χ0n) is 9.87. The molecule has 1 aromatic rings. The van der Waals surface area contributed by atoms with Crippen molar-refractivity contribution in [3.8, 4) is 0 Å². The Hall–Kier alpha value is -0.140. The lowest BCUT2D eigenvalue weighted by atomic mass is 10.1. The minimum absolute atomic E-state index is 0. The number of hydrogen-bond acceptors (Lipinski definition) is 0. The predicted octanol–water partition coefficient (Wildman–Crippen LogP) is 0.800. The van der Waals surface area contributed by atoms with E-state index < -0.39 is 0 Å². The summed E-state index contributed by atoms with van der Waals surface area (Å²) in [4.78, 5) is 0. The molecule has 1 unspecified atom stereocenters. The molecule has 0 amide bonds. The standard InChI is InChI=1S/C13H21S.ClH/c1-4-5-11-13(14(2)3)12-9-7-6-8-10-12;/h6-10,13H,4-5,11H2,1-3H3;1H/q+1;/p-1. The van der Waals surface area contributed by atoms with Gasteiger partial charge in [0, 0.05) is 5.56 Å².